The van der Waals surface area contributed by atoms with Crippen LogP contribution in [0.1, 0.15) is 20.8 Å². The molecule has 0 bridgehead atoms. The van der Waals surface area contributed by atoms with Gasteiger partial charge in [-0.3, -0.25) is 4.79 Å². The molecule has 7 heteroatoms. The van der Waals surface area contributed by atoms with E-state index >= 15 is 0 Å². The van der Waals surface area contributed by atoms with Crippen LogP contribution in [0.15, 0.2) is 0 Å². The molecule has 3 N–H and O–H groups in total. The quantitative estimate of drug-likeness (QED) is 0.535. The Kier molecular flexibility index (Phi) is 5.06. The van der Waals surface area contributed by atoms with Gasteiger partial charge in [0, 0.05) is 6.92 Å². The van der Waals surface area contributed by atoms with Gasteiger partial charge in [-0.05, 0) is 13.8 Å². The van der Waals surface area contributed by atoms with E-state index in [0.717, 1.165) is 6.92 Å². The molecule has 0 radical (unpaired) electrons. The predicted molar refractivity (Wildman–Crippen MR) is 59.6 cm³/mol. The van der Waals surface area contributed by atoms with Crippen molar-refractivity contribution in [3.05, 3.63) is 0 Å². The maximum atomic E-state index is 10.9. The first-order valence-electron chi connectivity index (χ1n) is 5.73. The van der Waals surface area contributed by atoms with Crippen molar-refractivity contribution in [1.82, 2.24) is 0 Å². The van der Waals surface area contributed by atoms with Crippen LogP contribution in [-0.2, 0) is 19.0 Å². The van der Waals surface area contributed by atoms with Gasteiger partial charge >= 0.3 is 5.97 Å². The highest BCUT2D eigenvalue weighted by molar-refractivity contribution is 5.66. The number of ether oxygens (including phenoxy) is 3. The van der Waals surface area contributed by atoms with Crippen molar-refractivity contribution in [3.8, 4) is 0 Å². The number of rotatable bonds is 5. The monoisotopic (exact) mass is 264 g/mol. The van der Waals surface area contributed by atoms with E-state index in [1.54, 1.807) is 13.8 Å². The zero-order chi connectivity index (χ0) is 13.9. The van der Waals surface area contributed by atoms with Gasteiger partial charge in [0.1, 0.15) is 18.3 Å². The first kappa shape index (κ1) is 15.3. The Morgan fingerprint density at radius 3 is 2.50 bits per heavy atom. The number of hydrogen-bond donors (Lipinski definition) is 3. The van der Waals surface area contributed by atoms with E-state index in [2.05, 4.69) is 0 Å². The minimum absolute atomic E-state index is 0.115. The lowest BCUT2D eigenvalue weighted by Gasteiger charge is -2.29. The highest BCUT2D eigenvalue weighted by Gasteiger charge is 2.43. The summed E-state index contributed by atoms with van der Waals surface area (Å²) in [6, 6.07) is 0. The van der Waals surface area contributed by atoms with E-state index in [4.69, 9.17) is 19.3 Å². The second kappa shape index (κ2) is 5.94. The fourth-order valence-corrected chi connectivity index (χ4v) is 1.77. The van der Waals surface area contributed by atoms with Gasteiger partial charge in [0.15, 0.2) is 11.9 Å². The largest absolute Gasteiger partial charge is 0.457 e. The molecule has 0 spiro atoms. The van der Waals surface area contributed by atoms with E-state index in [-0.39, 0.29) is 6.61 Å². The molecule has 4 atom stereocenters. The van der Waals surface area contributed by atoms with Crippen molar-refractivity contribution in [3.63, 3.8) is 0 Å². The van der Waals surface area contributed by atoms with Crippen LogP contribution in [0.3, 0.4) is 0 Å². The molecule has 1 saturated heterocycles. The van der Waals surface area contributed by atoms with Gasteiger partial charge in [-0.25, -0.2) is 0 Å². The van der Waals surface area contributed by atoms with E-state index in [9.17, 15) is 15.0 Å². The van der Waals surface area contributed by atoms with Crippen molar-refractivity contribution in [2.24, 2.45) is 0 Å². The lowest BCUT2D eigenvalue weighted by Crippen LogP contribution is -2.49. The summed E-state index contributed by atoms with van der Waals surface area (Å²) in [5.41, 5.74) is 0. The molecular formula is C11H20O7. The lowest BCUT2D eigenvalue weighted by atomic mass is 10.0. The van der Waals surface area contributed by atoms with E-state index < -0.39 is 42.8 Å². The Labute approximate surface area is 105 Å². The Hall–Kier alpha value is -0.730. The van der Waals surface area contributed by atoms with Crippen molar-refractivity contribution in [2.75, 3.05) is 13.2 Å². The average molecular weight is 264 g/mol. The van der Waals surface area contributed by atoms with Crippen LogP contribution in [0.2, 0.25) is 0 Å². The number of aliphatic hydroxyl groups excluding tert-OH is 3. The van der Waals surface area contributed by atoms with Gasteiger partial charge in [-0.15, -0.1) is 0 Å². The number of aliphatic hydroxyl groups is 3. The molecule has 18 heavy (non-hydrogen) atoms. The fourth-order valence-electron chi connectivity index (χ4n) is 1.77. The molecule has 0 aromatic heterocycles. The maximum Gasteiger partial charge on any atom is 0.303 e. The average Bonchev–Trinajstić information content (AvgIpc) is 2.64. The Morgan fingerprint density at radius 2 is 2.11 bits per heavy atom. The summed E-state index contributed by atoms with van der Waals surface area (Å²) in [6.45, 7) is 4.00. The highest BCUT2D eigenvalue weighted by Crippen LogP contribution is 2.26. The third-order valence-electron chi connectivity index (χ3n) is 2.62. The number of esters is 1. The summed E-state index contributed by atoms with van der Waals surface area (Å²) in [4.78, 5) is 10.9. The fraction of sp³-hybridized carbons (Fsp3) is 0.909. The van der Waals surface area contributed by atoms with Crippen molar-refractivity contribution in [1.29, 1.82) is 0 Å². The molecule has 0 saturated carbocycles. The van der Waals surface area contributed by atoms with Gasteiger partial charge in [0.25, 0.3) is 0 Å². The summed E-state index contributed by atoms with van der Waals surface area (Å²) in [5, 5.41) is 28.5. The molecule has 1 aliphatic rings. The van der Waals surface area contributed by atoms with Gasteiger partial charge in [0.2, 0.25) is 0 Å². The highest BCUT2D eigenvalue weighted by atomic mass is 16.7. The molecule has 1 heterocycles. The molecule has 0 aromatic rings. The van der Waals surface area contributed by atoms with E-state index in [1.807, 2.05) is 0 Å². The van der Waals surface area contributed by atoms with Crippen molar-refractivity contribution in [2.45, 2.75) is 51.0 Å². The molecule has 0 aromatic carbocycles. The number of hydrogen-bond acceptors (Lipinski definition) is 7. The molecule has 7 nitrogen and oxygen atoms in total. The SMILES string of the molecule is CC(=O)O[C@@H]([C@H](O)[C@H]1COC(C)(C)O1)[C@H](O)CO. The Morgan fingerprint density at radius 1 is 1.50 bits per heavy atom. The zero-order valence-corrected chi connectivity index (χ0v) is 10.7. The topological polar surface area (TPSA) is 105 Å². The van der Waals surface area contributed by atoms with Crippen LogP contribution in [0, 0.1) is 0 Å². The molecule has 1 aliphatic heterocycles. The molecule has 0 amide bonds. The first-order valence-corrected chi connectivity index (χ1v) is 5.73. The lowest BCUT2D eigenvalue weighted by molar-refractivity contribution is -0.186. The Balaban J connectivity index is 2.70. The van der Waals surface area contributed by atoms with Crippen molar-refractivity contribution >= 4 is 5.97 Å². The molecule has 1 rings (SSSR count). The minimum Gasteiger partial charge on any atom is -0.457 e. The third kappa shape index (κ3) is 3.89. The van der Waals surface area contributed by atoms with Crippen LogP contribution in [0.4, 0.5) is 0 Å². The van der Waals surface area contributed by atoms with E-state index in [0.29, 0.717) is 0 Å². The molecule has 0 aliphatic carbocycles. The van der Waals surface area contributed by atoms with Gasteiger partial charge in [0.05, 0.1) is 13.2 Å². The summed E-state index contributed by atoms with van der Waals surface area (Å²) in [7, 11) is 0. The van der Waals surface area contributed by atoms with Gasteiger partial charge in [-0.2, -0.15) is 0 Å². The van der Waals surface area contributed by atoms with Crippen LogP contribution < -0.4 is 0 Å². The molecule has 1 fully saturated rings. The normalized spacial score (nSPS) is 27.6. The minimum atomic E-state index is -1.38. The number of carbonyl (C=O) groups excluding carboxylic acids is 1. The Bertz CT molecular complexity index is 291. The van der Waals surface area contributed by atoms with Gasteiger partial charge in [-0.1, -0.05) is 0 Å². The second-order valence-corrected chi connectivity index (χ2v) is 4.68. The molecule has 0 unspecified atom stereocenters. The number of carbonyl (C=O) groups is 1. The summed E-state index contributed by atoms with van der Waals surface area (Å²) >= 11 is 0. The maximum absolute atomic E-state index is 10.9. The van der Waals surface area contributed by atoms with Crippen LogP contribution >= 0.6 is 0 Å². The molecule has 106 valence electrons. The summed E-state index contributed by atoms with van der Waals surface area (Å²) in [5.74, 6) is -1.50. The van der Waals surface area contributed by atoms with Gasteiger partial charge < -0.3 is 29.5 Å². The van der Waals surface area contributed by atoms with Crippen molar-refractivity contribution < 1.29 is 34.3 Å². The standard InChI is InChI=1S/C11H20O7/c1-6(13)17-10(7(14)4-12)9(15)8-5-16-11(2,3)18-8/h7-10,12,14-15H,4-5H2,1-3H3/t7-,8-,9-,10-/m1/s1. The molecular weight excluding hydrogens is 244 g/mol. The third-order valence-corrected chi connectivity index (χ3v) is 2.62. The second-order valence-electron chi connectivity index (χ2n) is 4.68. The van der Waals surface area contributed by atoms with Crippen LogP contribution in [0.25, 0.3) is 0 Å². The smallest absolute Gasteiger partial charge is 0.303 e. The van der Waals surface area contributed by atoms with Crippen LogP contribution in [0.5, 0.6) is 0 Å². The van der Waals surface area contributed by atoms with E-state index in [1.165, 1.54) is 0 Å². The first-order chi connectivity index (χ1) is 8.26. The van der Waals surface area contributed by atoms with Crippen LogP contribution in [-0.4, -0.2) is 64.7 Å². The predicted octanol–water partition coefficient (Wildman–Crippen LogP) is -1.22. The summed E-state index contributed by atoms with van der Waals surface area (Å²) < 4.78 is 15.5. The zero-order valence-electron chi connectivity index (χ0n) is 10.7. The summed E-state index contributed by atoms with van der Waals surface area (Å²) in [6.07, 6.45) is -4.64.